The molecule has 0 aliphatic rings. The summed E-state index contributed by atoms with van der Waals surface area (Å²) in [5.74, 6) is 0.250. The van der Waals surface area contributed by atoms with Crippen molar-refractivity contribution in [3.05, 3.63) is 76.7 Å². The summed E-state index contributed by atoms with van der Waals surface area (Å²) < 4.78 is 12.2. The molecule has 0 saturated carbocycles. The molecular formula is C19H17NO4. The molecular weight excluding hydrogens is 306 g/mol. The van der Waals surface area contributed by atoms with Crippen LogP contribution in [0.15, 0.2) is 65.6 Å². The van der Waals surface area contributed by atoms with Crippen molar-refractivity contribution in [1.82, 2.24) is 4.57 Å². The molecule has 0 N–H and O–H groups in total. The van der Waals surface area contributed by atoms with E-state index in [0.717, 1.165) is 5.75 Å². The molecule has 24 heavy (non-hydrogen) atoms. The zero-order valence-electron chi connectivity index (χ0n) is 13.3. The van der Waals surface area contributed by atoms with Crippen molar-refractivity contribution in [2.45, 2.75) is 0 Å². The monoisotopic (exact) mass is 323 g/mol. The summed E-state index contributed by atoms with van der Waals surface area (Å²) in [5.41, 5.74) is 0.224. The van der Waals surface area contributed by atoms with Crippen LogP contribution in [0.5, 0.6) is 5.75 Å². The van der Waals surface area contributed by atoms with Crippen molar-refractivity contribution in [1.29, 1.82) is 0 Å². The summed E-state index contributed by atoms with van der Waals surface area (Å²) in [6, 6.07) is 16.3. The van der Waals surface area contributed by atoms with E-state index in [-0.39, 0.29) is 18.8 Å². The Labute approximate surface area is 139 Å². The lowest BCUT2D eigenvalue weighted by Crippen LogP contribution is -2.20. The Hall–Kier alpha value is -3.08. The van der Waals surface area contributed by atoms with E-state index in [4.69, 9.17) is 9.47 Å². The Kier molecular flexibility index (Phi) is 4.61. The molecule has 2 aromatic carbocycles. The zero-order chi connectivity index (χ0) is 16.9. The molecule has 3 aromatic rings. The van der Waals surface area contributed by atoms with E-state index < -0.39 is 5.97 Å². The minimum atomic E-state index is -0.474. The molecule has 0 fully saturated rings. The maximum atomic E-state index is 12.3. The number of para-hydroxylation sites is 1. The molecule has 0 aliphatic carbocycles. The van der Waals surface area contributed by atoms with Crippen LogP contribution in [0.25, 0.3) is 10.8 Å². The first-order valence-corrected chi connectivity index (χ1v) is 7.60. The van der Waals surface area contributed by atoms with Crippen molar-refractivity contribution in [2.75, 3.05) is 13.2 Å². The zero-order valence-corrected chi connectivity index (χ0v) is 13.3. The summed E-state index contributed by atoms with van der Waals surface area (Å²) in [7, 11) is 1.62. The van der Waals surface area contributed by atoms with Gasteiger partial charge in [0.25, 0.3) is 5.56 Å². The molecule has 122 valence electrons. The summed E-state index contributed by atoms with van der Waals surface area (Å²) in [6.45, 7) is 0.393. The molecule has 0 saturated heterocycles. The molecule has 5 heteroatoms. The Balaban J connectivity index is 1.70. The van der Waals surface area contributed by atoms with Gasteiger partial charge in [-0.2, -0.15) is 0 Å². The minimum absolute atomic E-state index is 0.130. The molecule has 0 aliphatic heterocycles. The fourth-order valence-electron chi connectivity index (χ4n) is 2.47. The van der Waals surface area contributed by atoms with E-state index in [0.29, 0.717) is 16.3 Å². The lowest BCUT2D eigenvalue weighted by molar-refractivity contribution is 0.0452. The van der Waals surface area contributed by atoms with Gasteiger partial charge in [0, 0.05) is 24.0 Å². The van der Waals surface area contributed by atoms with Crippen molar-refractivity contribution < 1.29 is 14.3 Å². The Morgan fingerprint density at radius 2 is 1.62 bits per heavy atom. The lowest BCUT2D eigenvalue weighted by atomic mass is 10.1. The predicted octanol–water partition coefficient (Wildman–Crippen LogP) is 2.77. The van der Waals surface area contributed by atoms with E-state index in [1.54, 1.807) is 31.3 Å². The number of aryl methyl sites for hydroxylation is 1. The van der Waals surface area contributed by atoms with Crippen LogP contribution in [-0.2, 0) is 11.8 Å². The van der Waals surface area contributed by atoms with Gasteiger partial charge in [-0.3, -0.25) is 4.79 Å². The number of hydrogen-bond donors (Lipinski definition) is 0. The van der Waals surface area contributed by atoms with Crippen molar-refractivity contribution in [3.8, 4) is 5.75 Å². The first-order chi connectivity index (χ1) is 11.7. The largest absolute Gasteiger partial charge is 0.490 e. The van der Waals surface area contributed by atoms with Crippen molar-refractivity contribution in [2.24, 2.45) is 7.05 Å². The fourth-order valence-corrected chi connectivity index (χ4v) is 2.47. The van der Waals surface area contributed by atoms with Crippen molar-refractivity contribution in [3.63, 3.8) is 0 Å². The van der Waals surface area contributed by atoms with Gasteiger partial charge in [0.15, 0.2) is 0 Å². The van der Waals surface area contributed by atoms with Crippen LogP contribution in [0.4, 0.5) is 0 Å². The van der Waals surface area contributed by atoms with Crippen LogP contribution in [0.2, 0.25) is 0 Å². The maximum absolute atomic E-state index is 12.3. The number of fused-ring (bicyclic) bond motifs is 1. The van der Waals surface area contributed by atoms with Gasteiger partial charge in [0.05, 0.1) is 5.56 Å². The van der Waals surface area contributed by atoms with Gasteiger partial charge < -0.3 is 14.0 Å². The second-order valence-electron chi connectivity index (χ2n) is 5.30. The molecule has 0 spiro atoms. The van der Waals surface area contributed by atoms with E-state index >= 15 is 0 Å². The highest BCUT2D eigenvalue weighted by Gasteiger charge is 2.14. The van der Waals surface area contributed by atoms with Crippen LogP contribution >= 0.6 is 0 Å². The first kappa shape index (κ1) is 15.8. The topological polar surface area (TPSA) is 57.5 Å². The normalized spacial score (nSPS) is 10.5. The third-order valence-electron chi connectivity index (χ3n) is 3.64. The van der Waals surface area contributed by atoms with Crippen molar-refractivity contribution >= 4 is 16.7 Å². The van der Waals surface area contributed by atoms with E-state index in [1.807, 2.05) is 30.3 Å². The van der Waals surface area contributed by atoms with Gasteiger partial charge in [-0.15, -0.1) is 0 Å². The number of ether oxygens (including phenoxy) is 2. The number of carbonyl (C=O) groups is 1. The van der Waals surface area contributed by atoms with Gasteiger partial charge >= 0.3 is 5.97 Å². The number of carbonyl (C=O) groups excluding carboxylic acids is 1. The summed E-state index contributed by atoms with van der Waals surface area (Å²) >= 11 is 0. The van der Waals surface area contributed by atoms with Crippen LogP contribution in [0.1, 0.15) is 10.4 Å². The van der Waals surface area contributed by atoms with Gasteiger partial charge in [-0.05, 0) is 18.2 Å². The molecule has 1 heterocycles. The van der Waals surface area contributed by atoms with Crippen LogP contribution in [-0.4, -0.2) is 23.8 Å². The second kappa shape index (κ2) is 7.00. The lowest BCUT2D eigenvalue weighted by Gasteiger charge is -2.10. The fraction of sp³-hybridized carbons (Fsp3) is 0.158. The molecule has 5 nitrogen and oxygen atoms in total. The molecule has 0 bridgehead atoms. The summed E-state index contributed by atoms with van der Waals surface area (Å²) in [5, 5.41) is 1.09. The Morgan fingerprint density at radius 1 is 0.958 bits per heavy atom. The third-order valence-corrected chi connectivity index (χ3v) is 3.64. The standard InChI is InChI=1S/C19H17NO4/c1-20-13-17(15-9-5-6-10-16(15)18(20)21)19(22)24-12-11-23-14-7-3-2-4-8-14/h2-10,13H,11-12H2,1H3. The number of rotatable bonds is 5. The molecule has 0 amide bonds. The number of nitrogens with zero attached hydrogens (tertiary/aromatic N) is 1. The molecule has 0 radical (unpaired) electrons. The highest BCUT2D eigenvalue weighted by molar-refractivity contribution is 6.03. The maximum Gasteiger partial charge on any atom is 0.340 e. The Morgan fingerprint density at radius 3 is 2.38 bits per heavy atom. The van der Waals surface area contributed by atoms with Crippen LogP contribution < -0.4 is 10.3 Å². The number of benzene rings is 2. The number of esters is 1. The number of hydrogen-bond acceptors (Lipinski definition) is 4. The highest BCUT2D eigenvalue weighted by atomic mass is 16.6. The number of aromatic nitrogens is 1. The van der Waals surface area contributed by atoms with Gasteiger partial charge in [0.1, 0.15) is 19.0 Å². The van der Waals surface area contributed by atoms with E-state index in [1.165, 1.54) is 10.8 Å². The smallest absolute Gasteiger partial charge is 0.340 e. The summed E-state index contributed by atoms with van der Waals surface area (Å²) in [4.78, 5) is 24.5. The van der Waals surface area contributed by atoms with Crippen LogP contribution in [0.3, 0.4) is 0 Å². The highest BCUT2D eigenvalue weighted by Crippen LogP contribution is 2.16. The van der Waals surface area contributed by atoms with E-state index in [9.17, 15) is 9.59 Å². The molecule has 0 unspecified atom stereocenters. The third kappa shape index (κ3) is 3.30. The average Bonchev–Trinajstić information content (AvgIpc) is 2.62. The van der Waals surface area contributed by atoms with Gasteiger partial charge in [-0.25, -0.2) is 4.79 Å². The van der Waals surface area contributed by atoms with Crippen LogP contribution in [0, 0.1) is 0 Å². The quantitative estimate of drug-likeness (QED) is 0.535. The van der Waals surface area contributed by atoms with Gasteiger partial charge in [0.2, 0.25) is 0 Å². The second-order valence-corrected chi connectivity index (χ2v) is 5.30. The predicted molar refractivity (Wildman–Crippen MR) is 91.4 cm³/mol. The molecule has 0 atom stereocenters. The first-order valence-electron chi connectivity index (χ1n) is 7.60. The molecule has 1 aromatic heterocycles. The van der Waals surface area contributed by atoms with Gasteiger partial charge in [-0.1, -0.05) is 36.4 Å². The number of pyridine rings is 1. The van der Waals surface area contributed by atoms with E-state index in [2.05, 4.69) is 0 Å². The SMILES string of the molecule is Cn1cc(C(=O)OCCOc2ccccc2)c2ccccc2c1=O. The molecule has 3 rings (SSSR count). The summed E-state index contributed by atoms with van der Waals surface area (Å²) in [6.07, 6.45) is 1.51. The average molecular weight is 323 g/mol. The minimum Gasteiger partial charge on any atom is -0.490 e. The Bertz CT molecular complexity index is 916.